The highest BCUT2D eigenvalue weighted by Gasteiger charge is 2.47. The molecule has 0 spiro atoms. The molecule has 5 nitrogen and oxygen atoms in total. The highest BCUT2D eigenvalue weighted by atomic mass is 35.5. The Hall–Kier alpha value is -2.79. The van der Waals surface area contributed by atoms with Crippen LogP contribution in [0.25, 0.3) is 0 Å². The first-order valence-electron chi connectivity index (χ1n) is 11.3. The van der Waals surface area contributed by atoms with E-state index in [1.807, 2.05) is 6.07 Å². The number of hydrogen-bond donors (Lipinski definition) is 1. The standard InChI is InChI=1S/C26H30ClF3N2O3/c1-15(24(34)35-25(3,4)5)12-17-6-7-19(14-31)21(13-17)32-23(33)22(16(2)26(28,29)30)18-8-10-20(27)11-9-18/h6-8,10-11,13,15-16,18,22H,9,12H2,1-5H3,(H,32,33)/t15?,16-,18?,22+/m1/s1. The number of nitrogens with zero attached hydrogens (tertiary/aromatic N) is 1. The molecular formula is C26H30ClF3N2O3. The van der Waals surface area contributed by atoms with Crippen LogP contribution in [0.15, 0.2) is 41.5 Å². The zero-order chi connectivity index (χ0) is 26.6. The second-order valence-electron chi connectivity index (χ2n) is 9.82. The Bertz CT molecular complexity index is 1050. The molecule has 1 aliphatic carbocycles. The van der Waals surface area contributed by atoms with Crippen LogP contribution in [0.4, 0.5) is 18.9 Å². The van der Waals surface area contributed by atoms with E-state index >= 15 is 0 Å². The first-order valence-corrected chi connectivity index (χ1v) is 11.7. The van der Waals surface area contributed by atoms with E-state index in [1.165, 1.54) is 24.3 Å². The first kappa shape index (κ1) is 28.4. The van der Waals surface area contributed by atoms with E-state index in [9.17, 15) is 28.0 Å². The second kappa shape index (κ2) is 11.3. The summed E-state index contributed by atoms with van der Waals surface area (Å²) in [7, 11) is 0. The van der Waals surface area contributed by atoms with Crippen LogP contribution in [-0.2, 0) is 20.7 Å². The number of rotatable bonds is 7. The quantitative estimate of drug-likeness (QED) is 0.423. The van der Waals surface area contributed by atoms with Crippen molar-refractivity contribution >= 4 is 29.2 Å². The number of hydrogen-bond acceptors (Lipinski definition) is 4. The van der Waals surface area contributed by atoms with Crippen molar-refractivity contribution in [2.24, 2.45) is 23.7 Å². The van der Waals surface area contributed by atoms with Gasteiger partial charge in [-0.3, -0.25) is 9.59 Å². The number of anilines is 1. The van der Waals surface area contributed by atoms with E-state index in [-0.39, 0.29) is 24.1 Å². The number of alkyl halides is 3. The van der Waals surface area contributed by atoms with Crippen molar-refractivity contribution in [3.63, 3.8) is 0 Å². The van der Waals surface area contributed by atoms with Crippen LogP contribution in [0.3, 0.4) is 0 Å². The third-order valence-electron chi connectivity index (χ3n) is 5.72. The van der Waals surface area contributed by atoms with Gasteiger partial charge in [0.05, 0.1) is 29.0 Å². The SMILES string of the molecule is CC(Cc1ccc(C#N)c(NC(=O)[C@H](C2C=CC(Cl)=CC2)[C@@H](C)C(F)(F)F)c1)C(=O)OC(C)(C)C. The Labute approximate surface area is 209 Å². The fourth-order valence-electron chi connectivity index (χ4n) is 3.85. The summed E-state index contributed by atoms with van der Waals surface area (Å²) in [5.41, 5.74) is 0.184. The number of halogens is 4. The molecule has 2 unspecified atom stereocenters. The van der Waals surface area contributed by atoms with Gasteiger partial charge >= 0.3 is 12.1 Å². The molecule has 1 N–H and O–H groups in total. The van der Waals surface area contributed by atoms with E-state index < -0.39 is 47.3 Å². The number of ether oxygens (including phenoxy) is 1. The number of carbonyl (C=O) groups excluding carboxylic acids is 2. The third-order valence-corrected chi connectivity index (χ3v) is 6.00. The molecule has 1 aromatic rings. The largest absolute Gasteiger partial charge is 0.460 e. The molecule has 0 heterocycles. The highest BCUT2D eigenvalue weighted by molar-refractivity contribution is 6.31. The Morgan fingerprint density at radius 2 is 1.91 bits per heavy atom. The van der Waals surface area contributed by atoms with Crippen molar-refractivity contribution in [1.82, 2.24) is 0 Å². The van der Waals surface area contributed by atoms with Gasteiger partial charge in [0.2, 0.25) is 5.91 Å². The number of carbonyl (C=O) groups is 2. The van der Waals surface area contributed by atoms with Crippen LogP contribution in [-0.4, -0.2) is 23.7 Å². The summed E-state index contributed by atoms with van der Waals surface area (Å²) in [6, 6.07) is 6.57. The number of esters is 1. The van der Waals surface area contributed by atoms with Gasteiger partial charge in [-0.05, 0) is 63.3 Å². The third kappa shape index (κ3) is 8.14. The van der Waals surface area contributed by atoms with Gasteiger partial charge in [0, 0.05) is 5.03 Å². The lowest BCUT2D eigenvalue weighted by Gasteiger charge is -2.31. The van der Waals surface area contributed by atoms with Crippen molar-refractivity contribution in [2.75, 3.05) is 5.32 Å². The minimum Gasteiger partial charge on any atom is -0.460 e. The van der Waals surface area contributed by atoms with Crippen LogP contribution in [0, 0.1) is 35.0 Å². The normalized spacial score (nSPS) is 18.6. The summed E-state index contributed by atoms with van der Waals surface area (Å²) in [5, 5.41) is 12.4. The summed E-state index contributed by atoms with van der Waals surface area (Å²) in [4.78, 5) is 25.5. The van der Waals surface area contributed by atoms with Gasteiger partial charge in [-0.25, -0.2) is 0 Å². The molecule has 2 rings (SSSR count). The lowest BCUT2D eigenvalue weighted by Crippen LogP contribution is -2.40. The van der Waals surface area contributed by atoms with Crippen molar-refractivity contribution < 1.29 is 27.5 Å². The Kier molecular flexibility index (Phi) is 9.18. The maximum absolute atomic E-state index is 13.6. The van der Waals surface area contributed by atoms with Crippen molar-refractivity contribution in [2.45, 2.75) is 59.2 Å². The summed E-state index contributed by atoms with van der Waals surface area (Å²) in [5.74, 6) is -5.82. The van der Waals surface area contributed by atoms with Gasteiger partial charge < -0.3 is 10.1 Å². The summed E-state index contributed by atoms with van der Waals surface area (Å²) >= 11 is 5.90. The molecule has 0 aromatic heterocycles. The number of nitrogens with one attached hydrogen (secondary N) is 1. The molecule has 190 valence electrons. The molecule has 4 atom stereocenters. The molecular weight excluding hydrogens is 481 g/mol. The lowest BCUT2D eigenvalue weighted by atomic mass is 9.78. The molecule has 0 saturated heterocycles. The predicted octanol–water partition coefficient (Wildman–Crippen LogP) is 6.53. The molecule has 1 amide bonds. The molecule has 0 fully saturated rings. The topological polar surface area (TPSA) is 79.2 Å². The van der Waals surface area contributed by atoms with Crippen LogP contribution in [0.5, 0.6) is 0 Å². The van der Waals surface area contributed by atoms with E-state index in [0.717, 1.165) is 6.92 Å². The van der Waals surface area contributed by atoms with Gasteiger partial charge in [0.15, 0.2) is 0 Å². The van der Waals surface area contributed by atoms with Crippen molar-refractivity contribution in [3.8, 4) is 6.07 Å². The van der Waals surface area contributed by atoms with Crippen LogP contribution in [0.2, 0.25) is 0 Å². The molecule has 35 heavy (non-hydrogen) atoms. The van der Waals surface area contributed by atoms with Gasteiger partial charge in [-0.15, -0.1) is 0 Å². The van der Waals surface area contributed by atoms with Gasteiger partial charge in [-0.2, -0.15) is 18.4 Å². The molecule has 0 aliphatic heterocycles. The molecule has 1 aromatic carbocycles. The number of amides is 1. The monoisotopic (exact) mass is 510 g/mol. The van der Waals surface area contributed by atoms with Crippen molar-refractivity contribution in [3.05, 3.63) is 52.6 Å². The van der Waals surface area contributed by atoms with Gasteiger partial charge in [0.25, 0.3) is 0 Å². The summed E-state index contributed by atoms with van der Waals surface area (Å²) in [6.07, 6.45) is 0.433. The maximum Gasteiger partial charge on any atom is 0.392 e. The van der Waals surface area contributed by atoms with E-state index in [0.29, 0.717) is 10.6 Å². The Balaban J connectivity index is 2.30. The average molecular weight is 511 g/mol. The summed E-state index contributed by atoms with van der Waals surface area (Å²) < 4.78 is 46.3. The van der Waals surface area contributed by atoms with Crippen molar-refractivity contribution in [1.29, 1.82) is 5.26 Å². The minimum absolute atomic E-state index is 0.0964. The lowest BCUT2D eigenvalue weighted by molar-refractivity contribution is -0.188. The second-order valence-corrected chi connectivity index (χ2v) is 10.3. The van der Waals surface area contributed by atoms with Gasteiger partial charge in [0.1, 0.15) is 11.7 Å². The van der Waals surface area contributed by atoms with E-state index in [2.05, 4.69) is 5.32 Å². The molecule has 0 bridgehead atoms. The first-order chi connectivity index (χ1) is 16.1. The molecule has 9 heteroatoms. The molecule has 0 radical (unpaired) electrons. The number of benzene rings is 1. The smallest absolute Gasteiger partial charge is 0.392 e. The van der Waals surface area contributed by atoms with Crippen LogP contribution >= 0.6 is 11.6 Å². The molecule has 0 saturated carbocycles. The zero-order valence-corrected chi connectivity index (χ0v) is 21.1. The minimum atomic E-state index is -4.59. The number of nitriles is 1. The fourth-order valence-corrected chi connectivity index (χ4v) is 4.01. The predicted molar refractivity (Wildman–Crippen MR) is 128 cm³/mol. The maximum atomic E-state index is 13.6. The van der Waals surface area contributed by atoms with Crippen LogP contribution < -0.4 is 5.32 Å². The highest BCUT2D eigenvalue weighted by Crippen LogP contribution is 2.39. The zero-order valence-electron chi connectivity index (χ0n) is 20.4. The van der Waals surface area contributed by atoms with Gasteiger partial charge in [-0.1, -0.05) is 43.7 Å². The summed E-state index contributed by atoms with van der Waals surface area (Å²) in [6.45, 7) is 7.95. The Morgan fingerprint density at radius 3 is 2.43 bits per heavy atom. The van der Waals surface area contributed by atoms with Crippen LogP contribution in [0.1, 0.15) is 52.2 Å². The van der Waals surface area contributed by atoms with E-state index in [4.69, 9.17) is 16.3 Å². The fraction of sp³-hybridized carbons (Fsp3) is 0.500. The Morgan fingerprint density at radius 1 is 1.26 bits per heavy atom. The average Bonchev–Trinajstić information content (AvgIpc) is 2.73. The number of allylic oxidation sites excluding steroid dienone is 4. The van der Waals surface area contributed by atoms with E-state index in [1.54, 1.807) is 39.8 Å². The molecule has 1 aliphatic rings.